The van der Waals surface area contributed by atoms with Crippen LogP contribution in [0, 0.1) is 25.2 Å². The van der Waals surface area contributed by atoms with Crippen molar-refractivity contribution in [2.75, 3.05) is 24.4 Å². The van der Waals surface area contributed by atoms with Crippen LogP contribution in [0.4, 0.5) is 11.4 Å². The predicted octanol–water partition coefficient (Wildman–Crippen LogP) is 6.29. The number of nitrogens with zero attached hydrogens (tertiary/aromatic N) is 1. The second-order valence-corrected chi connectivity index (χ2v) is 9.05. The third-order valence-corrected chi connectivity index (χ3v) is 5.97. The Hall–Kier alpha value is -3.80. The lowest BCUT2D eigenvalue weighted by molar-refractivity contribution is -0.118. The summed E-state index contributed by atoms with van der Waals surface area (Å²) in [5.74, 6) is -0.331. The number of amides is 2. The molecular weight excluding hydrogens is 546 g/mol. The standard InChI is InChI=1S/C27H23BrClN3O4/c1-16-8-9-22(17(2)10-16)32-27(34)19(14-30)11-18-12-20(28)26(24(13-18)35-3)36-15-25(33)31-23-7-5-4-6-21(23)29/h4-13H,15H2,1-3H3,(H,31,33)(H,32,34)/b19-11+. The number of hydrogen-bond acceptors (Lipinski definition) is 5. The van der Waals surface area contributed by atoms with Crippen molar-refractivity contribution in [2.24, 2.45) is 0 Å². The molecule has 0 aliphatic carbocycles. The van der Waals surface area contributed by atoms with E-state index < -0.39 is 11.8 Å². The molecule has 9 heteroatoms. The average molecular weight is 569 g/mol. The summed E-state index contributed by atoms with van der Waals surface area (Å²) in [5, 5.41) is 15.4. The number of nitrogens with one attached hydrogen (secondary N) is 2. The van der Waals surface area contributed by atoms with E-state index in [1.165, 1.54) is 13.2 Å². The van der Waals surface area contributed by atoms with Crippen molar-refractivity contribution in [1.82, 2.24) is 0 Å². The Bertz CT molecular complexity index is 1380. The molecule has 0 bridgehead atoms. The number of benzene rings is 3. The molecule has 3 aromatic rings. The molecule has 184 valence electrons. The highest BCUT2D eigenvalue weighted by atomic mass is 79.9. The van der Waals surface area contributed by atoms with Gasteiger partial charge in [0.15, 0.2) is 18.1 Å². The van der Waals surface area contributed by atoms with Gasteiger partial charge in [-0.25, -0.2) is 0 Å². The molecule has 2 amide bonds. The monoisotopic (exact) mass is 567 g/mol. The summed E-state index contributed by atoms with van der Waals surface area (Å²) in [6.07, 6.45) is 1.44. The van der Waals surface area contributed by atoms with Crippen LogP contribution in [0.25, 0.3) is 6.08 Å². The maximum Gasteiger partial charge on any atom is 0.266 e. The lowest BCUT2D eigenvalue weighted by Crippen LogP contribution is -2.20. The lowest BCUT2D eigenvalue weighted by atomic mass is 10.1. The summed E-state index contributed by atoms with van der Waals surface area (Å²) in [6, 6.07) is 17.7. The maximum absolute atomic E-state index is 12.7. The number of halogens is 2. The Labute approximate surface area is 222 Å². The number of hydrogen-bond donors (Lipinski definition) is 2. The molecule has 0 unspecified atom stereocenters. The zero-order valence-electron chi connectivity index (χ0n) is 19.8. The van der Waals surface area contributed by atoms with E-state index in [0.29, 0.717) is 37.9 Å². The molecule has 3 rings (SSSR count). The second-order valence-electron chi connectivity index (χ2n) is 7.79. The molecule has 0 saturated carbocycles. The van der Waals surface area contributed by atoms with Gasteiger partial charge >= 0.3 is 0 Å². The van der Waals surface area contributed by atoms with Crippen molar-refractivity contribution in [3.63, 3.8) is 0 Å². The zero-order chi connectivity index (χ0) is 26.2. The van der Waals surface area contributed by atoms with Gasteiger partial charge in [-0.15, -0.1) is 0 Å². The van der Waals surface area contributed by atoms with E-state index in [2.05, 4.69) is 26.6 Å². The molecule has 0 aromatic heterocycles. The number of para-hydroxylation sites is 1. The van der Waals surface area contributed by atoms with Crippen molar-refractivity contribution in [3.05, 3.63) is 86.4 Å². The van der Waals surface area contributed by atoms with Crippen molar-refractivity contribution in [2.45, 2.75) is 13.8 Å². The van der Waals surface area contributed by atoms with Gasteiger partial charge in [0.1, 0.15) is 11.6 Å². The quantitative estimate of drug-likeness (QED) is 0.246. The van der Waals surface area contributed by atoms with Crippen LogP contribution in [0.3, 0.4) is 0 Å². The van der Waals surface area contributed by atoms with E-state index in [1.807, 2.05) is 32.0 Å². The first-order chi connectivity index (χ1) is 17.2. The van der Waals surface area contributed by atoms with Gasteiger partial charge in [0.2, 0.25) is 0 Å². The van der Waals surface area contributed by atoms with Crippen molar-refractivity contribution >= 4 is 56.8 Å². The number of methoxy groups -OCH3 is 1. The minimum absolute atomic E-state index is 0.0864. The van der Waals surface area contributed by atoms with E-state index >= 15 is 0 Å². The van der Waals surface area contributed by atoms with Crippen LogP contribution in [0.5, 0.6) is 11.5 Å². The Morgan fingerprint density at radius 3 is 2.50 bits per heavy atom. The van der Waals surface area contributed by atoms with Gasteiger partial charge < -0.3 is 20.1 Å². The van der Waals surface area contributed by atoms with E-state index in [-0.39, 0.29) is 12.2 Å². The van der Waals surface area contributed by atoms with E-state index in [0.717, 1.165) is 11.1 Å². The van der Waals surface area contributed by atoms with Gasteiger partial charge in [0.05, 0.1) is 22.3 Å². The zero-order valence-corrected chi connectivity index (χ0v) is 22.2. The fourth-order valence-corrected chi connectivity index (χ4v) is 4.07. The third-order valence-electron chi connectivity index (χ3n) is 5.05. The Kier molecular flexibility index (Phi) is 9.12. The van der Waals surface area contributed by atoms with Gasteiger partial charge in [-0.2, -0.15) is 5.26 Å². The SMILES string of the molecule is COc1cc(/C=C(\C#N)C(=O)Nc2ccc(C)cc2C)cc(Br)c1OCC(=O)Nc1ccccc1Cl. The number of nitriles is 1. The Balaban J connectivity index is 1.76. The Morgan fingerprint density at radius 2 is 1.83 bits per heavy atom. The summed E-state index contributed by atoms with van der Waals surface area (Å²) >= 11 is 9.49. The number of aryl methyl sites for hydroxylation is 2. The maximum atomic E-state index is 12.7. The summed E-state index contributed by atoms with van der Waals surface area (Å²) in [7, 11) is 1.45. The number of ether oxygens (including phenoxy) is 2. The highest BCUT2D eigenvalue weighted by molar-refractivity contribution is 9.10. The van der Waals surface area contributed by atoms with Gasteiger partial charge in [-0.1, -0.05) is 41.4 Å². The molecule has 3 aromatic carbocycles. The largest absolute Gasteiger partial charge is 0.493 e. The first-order valence-electron chi connectivity index (χ1n) is 10.8. The molecule has 0 saturated heterocycles. The van der Waals surface area contributed by atoms with Crippen LogP contribution in [0.1, 0.15) is 16.7 Å². The number of anilines is 2. The molecule has 36 heavy (non-hydrogen) atoms. The minimum atomic E-state index is -0.531. The summed E-state index contributed by atoms with van der Waals surface area (Å²) in [5.41, 5.74) is 3.51. The van der Waals surface area contributed by atoms with E-state index in [1.54, 1.807) is 42.5 Å². The summed E-state index contributed by atoms with van der Waals surface area (Å²) in [6.45, 7) is 3.55. The van der Waals surface area contributed by atoms with Crippen LogP contribution in [-0.2, 0) is 9.59 Å². The Morgan fingerprint density at radius 1 is 1.08 bits per heavy atom. The second kappa shape index (κ2) is 12.2. The average Bonchev–Trinajstić information content (AvgIpc) is 2.84. The molecule has 0 spiro atoms. The van der Waals surface area contributed by atoms with Crippen molar-refractivity contribution < 1.29 is 19.1 Å². The number of rotatable bonds is 8. The summed E-state index contributed by atoms with van der Waals surface area (Å²) < 4.78 is 11.6. The molecule has 7 nitrogen and oxygen atoms in total. The first kappa shape index (κ1) is 26.8. The van der Waals surface area contributed by atoms with Crippen molar-refractivity contribution in [3.8, 4) is 17.6 Å². The fraction of sp³-hybridized carbons (Fsp3) is 0.148. The van der Waals surface area contributed by atoms with Gasteiger partial charge in [0.25, 0.3) is 11.8 Å². The highest BCUT2D eigenvalue weighted by Crippen LogP contribution is 2.37. The van der Waals surface area contributed by atoms with Crippen LogP contribution in [0.15, 0.2) is 64.6 Å². The number of carbonyl (C=O) groups is 2. The fourth-order valence-electron chi connectivity index (χ4n) is 3.31. The smallest absolute Gasteiger partial charge is 0.266 e. The molecular formula is C27H23BrClN3O4. The molecule has 0 fully saturated rings. The number of carbonyl (C=O) groups excluding carboxylic acids is 2. The van der Waals surface area contributed by atoms with Crippen LogP contribution < -0.4 is 20.1 Å². The van der Waals surface area contributed by atoms with Crippen molar-refractivity contribution in [1.29, 1.82) is 5.26 Å². The molecule has 0 aliphatic rings. The normalized spacial score (nSPS) is 10.8. The molecule has 0 aliphatic heterocycles. The molecule has 0 atom stereocenters. The van der Waals surface area contributed by atoms with E-state index in [9.17, 15) is 14.9 Å². The van der Waals surface area contributed by atoms with Crippen LogP contribution in [-0.4, -0.2) is 25.5 Å². The highest BCUT2D eigenvalue weighted by Gasteiger charge is 2.16. The minimum Gasteiger partial charge on any atom is -0.493 e. The third kappa shape index (κ3) is 6.87. The van der Waals surface area contributed by atoms with Gasteiger partial charge in [-0.3, -0.25) is 9.59 Å². The summed E-state index contributed by atoms with van der Waals surface area (Å²) in [4.78, 5) is 25.0. The lowest BCUT2D eigenvalue weighted by Gasteiger charge is -2.14. The van der Waals surface area contributed by atoms with Gasteiger partial charge in [0, 0.05) is 5.69 Å². The van der Waals surface area contributed by atoms with Crippen LogP contribution in [0.2, 0.25) is 5.02 Å². The topological polar surface area (TPSA) is 100 Å². The van der Waals surface area contributed by atoms with E-state index in [4.69, 9.17) is 21.1 Å². The molecule has 2 N–H and O–H groups in total. The molecule has 0 heterocycles. The van der Waals surface area contributed by atoms with Crippen LogP contribution >= 0.6 is 27.5 Å². The van der Waals surface area contributed by atoms with Gasteiger partial charge in [-0.05, 0) is 77.3 Å². The predicted molar refractivity (Wildman–Crippen MR) is 144 cm³/mol. The molecule has 0 radical (unpaired) electrons. The first-order valence-corrected chi connectivity index (χ1v) is 11.9.